The maximum Gasteiger partial charge on any atom is 0.159 e. The molecule has 116 valence electrons. The molecule has 0 aromatic heterocycles. The second-order valence-electron chi connectivity index (χ2n) is 5.26. The van der Waals surface area contributed by atoms with E-state index in [2.05, 4.69) is 24.4 Å². The van der Waals surface area contributed by atoms with Gasteiger partial charge in [-0.05, 0) is 49.6 Å². The van der Waals surface area contributed by atoms with Crippen LogP contribution in [0.4, 0.5) is 5.69 Å². The summed E-state index contributed by atoms with van der Waals surface area (Å²) in [6.45, 7) is 5.21. The number of carbonyl (C=O) groups excluding carboxylic acids is 1. The van der Waals surface area contributed by atoms with Crippen molar-refractivity contribution in [3.63, 3.8) is 0 Å². The Kier molecular flexibility index (Phi) is 6.01. The number of hydrogen-bond donors (Lipinski definition) is 1. The predicted molar refractivity (Wildman–Crippen MR) is 90.9 cm³/mol. The van der Waals surface area contributed by atoms with Crippen LogP contribution in [0.5, 0.6) is 5.75 Å². The molecule has 0 fully saturated rings. The van der Waals surface area contributed by atoms with E-state index >= 15 is 0 Å². The molecule has 2 aromatic rings. The van der Waals surface area contributed by atoms with Crippen LogP contribution in [-0.4, -0.2) is 18.9 Å². The average Bonchev–Trinajstić information content (AvgIpc) is 2.55. The van der Waals surface area contributed by atoms with Crippen LogP contribution in [0.1, 0.15) is 36.2 Å². The van der Waals surface area contributed by atoms with E-state index in [1.165, 1.54) is 5.56 Å². The lowest BCUT2D eigenvalue weighted by molar-refractivity contribution is 0.101. The van der Waals surface area contributed by atoms with Crippen molar-refractivity contribution in [2.45, 2.75) is 26.7 Å². The van der Waals surface area contributed by atoms with Crippen molar-refractivity contribution in [1.29, 1.82) is 0 Å². The second-order valence-corrected chi connectivity index (χ2v) is 5.26. The minimum atomic E-state index is 0.0857. The fourth-order valence-electron chi connectivity index (χ4n) is 2.16. The molecule has 3 heteroatoms. The van der Waals surface area contributed by atoms with Gasteiger partial charge in [0.05, 0.1) is 6.61 Å². The molecule has 3 nitrogen and oxygen atoms in total. The van der Waals surface area contributed by atoms with Gasteiger partial charge in [-0.25, -0.2) is 0 Å². The Hall–Kier alpha value is -2.29. The maximum atomic E-state index is 11.3. The number of hydrogen-bond acceptors (Lipinski definition) is 3. The van der Waals surface area contributed by atoms with Gasteiger partial charge in [-0.2, -0.15) is 0 Å². The Morgan fingerprint density at radius 3 is 2.59 bits per heavy atom. The molecule has 0 unspecified atom stereocenters. The molecule has 0 heterocycles. The van der Waals surface area contributed by atoms with Crippen LogP contribution >= 0.6 is 0 Å². The second kappa shape index (κ2) is 8.23. The van der Waals surface area contributed by atoms with Gasteiger partial charge in [0.25, 0.3) is 0 Å². The van der Waals surface area contributed by atoms with Crippen molar-refractivity contribution in [1.82, 2.24) is 0 Å². The van der Waals surface area contributed by atoms with Crippen LogP contribution in [0.3, 0.4) is 0 Å². The van der Waals surface area contributed by atoms with Gasteiger partial charge in [0.1, 0.15) is 5.75 Å². The van der Waals surface area contributed by atoms with Crippen LogP contribution < -0.4 is 10.1 Å². The summed E-state index contributed by atoms with van der Waals surface area (Å²) in [5.41, 5.74) is 3.02. The van der Waals surface area contributed by atoms with E-state index in [0.717, 1.165) is 36.4 Å². The minimum Gasteiger partial charge on any atom is -0.494 e. The lowest BCUT2D eigenvalue weighted by atomic mass is 10.1. The highest BCUT2D eigenvalue weighted by Crippen LogP contribution is 2.13. The van der Waals surface area contributed by atoms with Gasteiger partial charge in [0, 0.05) is 17.8 Å². The highest BCUT2D eigenvalue weighted by atomic mass is 16.5. The average molecular weight is 297 g/mol. The number of aryl methyl sites for hydroxylation is 1. The lowest BCUT2D eigenvalue weighted by Crippen LogP contribution is -2.07. The van der Waals surface area contributed by atoms with Crippen LogP contribution in [0.15, 0.2) is 48.5 Å². The number of rotatable bonds is 8. The van der Waals surface area contributed by atoms with E-state index in [-0.39, 0.29) is 5.78 Å². The van der Waals surface area contributed by atoms with Gasteiger partial charge in [-0.15, -0.1) is 0 Å². The zero-order valence-electron chi connectivity index (χ0n) is 13.3. The Labute approximate surface area is 132 Å². The molecule has 0 aliphatic rings. The SMILES string of the molecule is CCc1ccc(OCCCNc2cccc(C(C)=O)c2)cc1. The van der Waals surface area contributed by atoms with E-state index in [1.54, 1.807) is 6.92 Å². The van der Waals surface area contributed by atoms with Crippen LogP contribution in [-0.2, 0) is 6.42 Å². The summed E-state index contributed by atoms with van der Waals surface area (Å²) < 4.78 is 5.71. The first-order valence-corrected chi connectivity index (χ1v) is 7.75. The van der Waals surface area contributed by atoms with Gasteiger partial charge < -0.3 is 10.1 Å². The first-order chi connectivity index (χ1) is 10.7. The topological polar surface area (TPSA) is 38.3 Å². The van der Waals surface area contributed by atoms with Crippen molar-refractivity contribution in [3.05, 3.63) is 59.7 Å². The minimum absolute atomic E-state index is 0.0857. The maximum absolute atomic E-state index is 11.3. The van der Waals surface area contributed by atoms with E-state index in [4.69, 9.17) is 4.74 Å². The molecular weight excluding hydrogens is 274 g/mol. The van der Waals surface area contributed by atoms with Crippen LogP contribution in [0.2, 0.25) is 0 Å². The highest BCUT2D eigenvalue weighted by Gasteiger charge is 2.00. The predicted octanol–water partition coefficient (Wildman–Crippen LogP) is 4.33. The zero-order chi connectivity index (χ0) is 15.8. The molecule has 0 spiro atoms. The van der Waals surface area contributed by atoms with Crippen molar-refractivity contribution in [2.24, 2.45) is 0 Å². The van der Waals surface area contributed by atoms with E-state index < -0.39 is 0 Å². The van der Waals surface area contributed by atoms with Gasteiger partial charge in [0.2, 0.25) is 0 Å². The van der Waals surface area contributed by atoms with E-state index in [0.29, 0.717) is 6.61 Å². The number of nitrogens with one attached hydrogen (secondary N) is 1. The fraction of sp³-hybridized carbons (Fsp3) is 0.316. The van der Waals surface area contributed by atoms with E-state index in [9.17, 15) is 4.79 Å². The van der Waals surface area contributed by atoms with Gasteiger partial charge >= 0.3 is 0 Å². The van der Waals surface area contributed by atoms with Crippen LogP contribution in [0.25, 0.3) is 0 Å². The Morgan fingerprint density at radius 2 is 1.91 bits per heavy atom. The number of ether oxygens (including phenoxy) is 1. The van der Waals surface area contributed by atoms with Crippen molar-refractivity contribution >= 4 is 11.5 Å². The number of ketones is 1. The van der Waals surface area contributed by atoms with E-state index in [1.807, 2.05) is 36.4 Å². The molecule has 0 atom stereocenters. The number of anilines is 1. The number of Topliss-reactive ketones (excluding diaryl/α,β-unsaturated/α-hetero) is 1. The number of benzene rings is 2. The van der Waals surface area contributed by atoms with Crippen molar-refractivity contribution < 1.29 is 9.53 Å². The molecule has 0 radical (unpaired) electrons. The largest absolute Gasteiger partial charge is 0.494 e. The monoisotopic (exact) mass is 297 g/mol. The third kappa shape index (κ3) is 4.92. The van der Waals surface area contributed by atoms with Gasteiger partial charge in [0.15, 0.2) is 5.78 Å². The summed E-state index contributed by atoms with van der Waals surface area (Å²) in [6, 6.07) is 15.8. The standard InChI is InChI=1S/C19H23NO2/c1-3-16-8-10-19(11-9-16)22-13-5-12-20-18-7-4-6-17(14-18)15(2)21/h4,6-11,14,20H,3,5,12-13H2,1-2H3. The molecule has 0 aliphatic carbocycles. The first-order valence-electron chi connectivity index (χ1n) is 7.75. The summed E-state index contributed by atoms with van der Waals surface area (Å²) >= 11 is 0. The van der Waals surface area contributed by atoms with Crippen LogP contribution in [0, 0.1) is 0 Å². The third-order valence-electron chi connectivity index (χ3n) is 3.52. The Morgan fingerprint density at radius 1 is 1.14 bits per heavy atom. The molecule has 0 aliphatic heterocycles. The normalized spacial score (nSPS) is 10.3. The molecule has 0 amide bonds. The molecule has 0 bridgehead atoms. The van der Waals surface area contributed by atoms with Gasteiger partial charge in [-0.1, -0.05) is 31.2 Å². The first kappa shape index (κ1) is 16.1. The zero-order valence-corrected chi connectivity index (χ0v) is 13.3. The smallest absolute Gasteiger partial charge is 0.159 e. The summed E-state index contributed by atoms with van der Waals surface area (Å²) in [7, 11) is 0. The quantitative estimate of drug-likeness (QED) is 0.582. The Balaban J connectivity index is 1.70. The molecule has 0 saturated carbocycles. The molecule has 1 N–H and O–H groups in total. The summed E-state index contributed by atoms with van der Waals surface area (Å²) in [5, 5.41) is 3.31. The highest BCUT2D eigenvalue weighted by molar-refractivity contribution is 5.94. The van der Waals surface area contributed by atoms with Gasteiger partial charge in [-0.3, -0.25) is 4.79 Å². The molecular formula is C19H23NO2. The summed E-state index contributed by atoms with van der Waals surface area (Å²) in [6.07, 6.45) is 1.95. The van der Waals surface area contributed by atoms with Crippen molar-refractivity contribution in [3.8, 4) is 5.75 Å². The molecule has 2 aromatic carbocycles. The summed E-state index contributed by atoms with van der Waals surface area (Å²) in [4.78, 5) is 11.3. The number of carbonyl (C=O) groups is 1. The third-order valence-corrected chi connectivity index (χ3v) is 3.52. The molecule has 22 heavy (non-hydrogen) atoms. The summed E-state index contributed by atoms with van der Waals surface area (Å²) in [5.74, 6) is 0.998. The Bertz CT molecular complexity index is 605. The van der Waals surface area contributed by atoms with Crippen molar-refractivity contribution in [2.75, 3.05) is 18.5 Å². The molecule has 2 rings (SSSR count). The lowest BCUT2D eigenvalue weighted by Gasteiger charge is -2.09. The fourth-order valence-corrected chi connectivity index (χ4v) is 2.16. The molecule has 0 saturated heterocycles.